The standard InChI is InChI=1S/C11H16BrNO/c1-3-14-11-5-4-9(6-10(11)12)8(2)7-13/h4-6,8H,3,7,13H2,1-2H3. The van der Waals surface area contributed by atoms with E-state index in [9.17, 15) is 0 Å². The van der Waals surface area contributed by atoms with Gasteiger partial charge >= 0.3 is 0 Å². The van der Waals surface area contributed by atoms with Crippen LogP contribution in [0.3, 0.4) is 0 Å². The average molecular weight is 258 g/mol. The minimum atomic E-state index is 0.391. The van der Waals surface area contributed by atoms with E-state index in [2.05, 4.69) is 35.0 Å². The lowest BCUT2D eigenvalue weighted by molar-refractivity contribution is 0.338. The molecule has 3 heteroatoms. The van der Waals surface area contributed by atoms with Crippen LogP contribution in [-0.4, -0.2) is 13.2 Å². The van der Waals surface area contributed by atoms with Gasteiger partial charge in [0.15, 0.2) is 0 Å². The zero-order chi connectivity index (χ0) is 10.6. The maximum Gasteiger partial charge on any atom is 0.133 e. The fourth-order valence-corrected chi connectivity index (χ4v) is 1.74. The number of ether oxygens (including phenoxy) is 1. The molecule has 2 N–H and O–H groups in total. The van der Waals surface area contributed by atoms with Crippen molar-refractivity contribution in [2.24, 2.45) is 5.73 Å². The van der Waals surface area contributed by atoms with Crippen LogP contribution < -0.4 is 10.5 Å². The normalized spacial score (nSPS) is 12.6. The highest BCUT2D eigenvalue weighted by atomic mass is 79.9. The second kappa shape index (κ2) is 5.37. The van der Waals surface area contributed by atoms with Crippen LogP contribution in [0.4, 0.5) is 0 Å². The first kappa shape index (κ1) is 11.5. The number of benzene rings is 1. The third-order valence-corrected chi connectivity index (χ3v) is 2.80. The van der Waals surface area contributed by atoms with Crippen molar-refractivity contribution in [1.29, 1.82) is 0 Å². The highest BCUT2D eigenvalue weighted by molar-refractivity contribution is 9.10. The summed E-state index contributed by atoms with van der Waals surface area (Å²) in [7, 11) is 0. The Hall–Kier alpha value is -0.540. The SMILES string of the molecule is CCOc1ccc(C(C)CN)cc1Br. The highest BCUT2D eigenvalue weighted by Crippen LogP contribution is 2.28. The molecule has 1 rings (SSSR count). The van der Waals surface area contributed by atoms with Gasteiger partial charge in [0.2, 0.25) is 0 Å². The molecule has 1 atom stereocenters. The van der Waals surface area contributed by atoms with E-state index in [1.165, 1.54) is 5.56 Å². The largest absolute Gasteiger partial charge is 0.493 e. The fraction of sp³-hybridized carbons (Fsp3) is 0.455. The van der Waals surface area contributed by atoms with Crippen molar-refractivity contribution in [3.05, 3.63) is 28.2 Å². The van der Waals surface area contributed by atoms with Crippen LogP contribution in [0.15, 0.2) is 22.7 Å². The first-order valence-corrected chi connectivity index (χ1v) is 5.60. The van der Waals surface area contributed by atoms with E-state index >= 15 is 0 Å². The van der Waals surface area contributed by atoms with E-state index < -0.39 is 0 Å². The summed E-state index contributed by atoms with van der Waals surface area (Å²) >= 11 is 3.48. The van der Waals surface area contributed by atoms with Gasteiger partial charge in [0.25, 0.3) is 0 Å². The van der Waals surface area contributed by atoms with Gasteiger partial charge in [-0.25, -0.2) is 0 Å². The molecular formula is C11H16BrNO. The van der Waals surface area contributed by atoms with Crippen LogP contribution in [0.5, 0.6) is 5.75 Å². The lowest BCUT2D eigenvalue weighted by atomic mass is 10.0. The Morgan fingerprint density at radius 3 is 2.71 bits per heavy atom. The molecule has 0 aliphatic carbocycles. The second-order valence-corrected chi connectivity index (χ2v) is 4.11. The van der Waals surface area contributed by atoms with Crippen molar-refractivity contribution in [3.63, 3.8) is 0 Å². The number of hydrogen-bond acceptors (Lipinski definition) is 2. The molecule has 0 saturated heterocycles. The smallest absolute Gasteiger partial charge is 0.133 e. The molecule has 2 nitrogen and oxygen atoms in total. The van der Waals surface area contributed by atoms with Gasteiger partial charge in [-0.05, 0) is 53.0 Å². The summed E-state index contributed by atoms with van der Waals surface area (Å²) in [6.07, 6.45) is 0. The van der Waals surface area contributed by atoms with Crippen molar-refractivity contribution in [2.45, 2.75) is 19.8 Å². The molecule has 0 heterocycles. The van der Waals surface area contributed by atoms with Gasteiger partial charge in [-0.15, -0.1) is 0 Å². The molecule has 1 aromatic carbocycles. The summed E-state index contributed by atoms with van der Waals surface area (Å²) in [4.78, 5) is 0. The van der Waals surface area contributed by atoms with Gasteiger partial charge in [-0.1, -0.05) is 13.0 Å². The molecule has 0 aliphatic heterocycles. The average Bonchev–Trinajstić information content (AvgIpc) is 2.20. The van der Waals surface area contributed by atoms with Crippen molar-refractivity contribution >= 4 is 15.9 Å². The van der Waals surface area contributed by atoms with E-state index in [1.807, 2.05) is 13.0 Å². The molecule has 0 saturated carbocycles. The van der Waals surface area contributed by atoms with Crippen molar-refractivity contribution in [1.82, 2.24) is 0 Å². The number of rotatable bonds is 4. The van der Waals surface area contributed by atoms with Gasteiger partial charge in [-0.2, -0.15) is 0 Å². The molecule has 0 aliphatic rings. The number of hydrogen-bond donors (Lipinski definition) is 1. The summed E-state index contributed by atoms with van der Waals surface area (Å²) in [5, 5.41) is 0. The summed E-state index contributed by atoms with van der Waals surface area (Å²) < 4.78 is 6.42. The second-order valence-electron chi connectivity index (χ2n) is 3.26. The van der Waals surface area contributed by atoms with Crippen LogP contribution in [0.2, 0.25) is 0 Å². The van der Waals surface area contributed by atoms with Crippen molar-refractivity contribution < 1.29 is 4.74 Å². The van der Waals surface area contributed by atoms with Crippen LogP contribution in [-0.2, 0) is 0 Å². The van der Waals surface area contributed by atoms with Crippen LogP contribution in [0, 0.1) is 0 Å². The Morgan fingerprint density at radius 1 is 1.50 bits per heavy atom. The van der Waals surface area contributed by atoms with E-state index in [0.29, 0.717) is 19.1 Å². The maximum absolute atomic E-state index is 5.60. The molecule has 78 valence electrons. The molecule has 0 spiro atoms. The van der Waals surface area contributed by atoms with Gasteiger partial charge in [0, 0.05) is 0 Å². The summed E-state index contributed by atoms with van der Waals surface area (Å²) in [6, 6.07) is 6.12. The zero-order valence-electron chi connectivity index (χ0n) is 8.59. The van der Waals surface area contributed by atoms with Gasteiger partial charge in [0.1, 0.15) is 5.75 Å². The Kier molecular flexibility index (Phi) is 4.42. The maximum atomic E-state index is 5.60. The molecule has 1 aromatic rings. The molecule has 0 aromatic heterocycles. The van der Waals surface area contributed by atoms with E-state index in [0.717, 1.165) is 10.2 Å². The molecule has 14 heavy (non-hydrogen) atoms. The Balaban J connectivity index is 2.88. The zero-order valence-corrected chi connectivity index (χ0v) is 10.2. The monoisotopic (exact) mass is 257 g/mol. The number of halogens is 1. The van der Waals surface area contributed by atoms with E-state index in [1.54, 1.807) is 0 Å². The topological polar surface area (TPSA) is 35.2 Å². The molecule has 0 radical (unpaired) electrons. The molecular weight excluding hydrogens is 242 g/mol. The highest BCUT2D eigenvalue weighted by Gasteiger charge is 2.06. The Labute approximate surface area is 93.6 Å². The van der Waals surface area contributed by atoms with Gasteiger partial charge < -0.3 is 10.5 Å². The quantitative estimate of drug-likeness (QED) is 0.901. The number of nitrogens with two attached hydrogens (primary N) is 1. The first-order valence-electron chi connectivity index (χ1n) is 4.81. The predicted octanol–water partition coefficient (Wildman–Crippen LogP) is 2.91. The third kappa shape index (κ3) is 2.72. The predicted molar refractivity (Wildman–Crippen MR) is 62.8 cm³/mol. The minimum absolute atomic E-state index is 0.391. The lowest BCUT2D eigenvalue weighted by Crippen LogP contribution is -2.08. The van der Waals surface area contributed by atoms with E-state index in [-0.39, 0.29) is 0 Å². The van der Waals surface area contributed by atoms with Crippen LogP contribution in [0.25, 0.3) is 0 Å². The van der Waals surface area contributed by atoms with Gasteiger partial charge in [0.05, 0.1) is 11.1 Å². The lowest BCUT2D eigenvalue weighted by Gasteiger charge is -2.11. The molecule has 0 amide bonds. The van der Waals surface area contributed by atoms with Crippen LogP contribution in [0.1, 0.15) is 25.3 Å². The van der Waals surface area contributed by atoms with E-state index in [4.69, 9.17) is 10.5 Å². The molecule has 0 fully saturated rings. The fourth-order valence-electron chi connectivity index (χ4n) is 1.23. The first-order chi connectivity index (χ1) is 6.69. The molecule has 0 bridgehead atoms. The van der Waals surface area contributed by atoms with Crippen LogP contribution >= 0.6 is 15.9 Å². The summed E-state index contributed by atoms with van der Waals surface area (Å²) in [5.41, 5.74) is 6.84. The summed E-state index contributed by atoms with van der Waals surface area (Å²) in [5.74, 6) is 1.28. The summed E-state index contributed by atoms with van der Waals surface area (Å²) in [6.45, 7) is 5.44. The van der Waals surface area contributed by atoms with Crippen molar-refractivity contribution in [2.75, 3.05) is 13.2 Å². The third-order valence-electron chi connectivity index (χ3n) is 2.18. The van der Waals surface area contributed by atoms with Crippen molar-refractivity contribution in [3.8, 4) is 5.75 Å². The van der Waals surface area contributed by atoms with Gasteiger partial charge in [-0.3, -0.25) is 0 Å². The minimum Gasteiger partial charge on any atom is -0.493 e. The Bertz CT molecular complexity index is 301. The molecule has 1 unspecified atom stereocenters. The Morgan fingerprint density at radius 2 is 2.21 bits per heavy atom.